The van der Waals surface area contributed by atoms with Gasteiger partial charge >= 0.3 is 0 Å². The van der Waals surface area contributed by atoms with E-state index in [9.17, 15) is 9.18 Å². The summed E-state index contributed by atoms with van der Waals surface area (Å²) in [4.78, 5) is 14.0. The van der Waals surface area contributed by atoms with Crippen LogP contribution in [0.2, 0.25) is 0 Å². The first-order chi connectivity index (χ1) is 8.08. The molecule has 1 heterocycles. The molecule has 0 aliphatic carbocycles. The molecule has 1 aliphatic heterocycles. The van der Waals surface area contributed by atoms with Crippen molar-refractivity contribution >= 4 is 5.91 Å². The maximum atomic E-state index is 13.6. The van der Waals surface area contributed by atoms with E-state index in [2.05, 4.69) is 0 Å². The molecule has 2 N–H and O–H groups in total. The highest BCUT2D eigenvalue weighted by molar-refractivity contribution is 5.95. The Morgan fingerprint density at radius 3 is 2.88 bits per heavy atom. The summed E-state index contributed by atoms with van der Waals surface area (Å²) in [6.07, 6.45) is 1.80. The molecule has 92 valence electrons. The molecule has 0 radical (unpaired) electrons. The fourth-order valence-corrected chi connectivity index (χ4v) is 2.36. The Bertz CT molecular complexity index is 435. The molecule has 0 bridgehead atoms. The minimum Gasteiger partial charge on any atom is -0.332 e. The van der Waals surface area contributed by atoms with E-state index < -0.39 is 5.82 Å². The fourth-order valence-electron chi connectivity index (χ4n) is 2.36. The number of carbonyl (C=O) groups is 1. The minimum atomic E-state index is -0.469. The van der Waals surface area contributed by atoms with Crippen molar-refractivity contribution in [2.75, 3.05) is 13.1 Å². The molecule has 4 heteroatoms. The minimum absolute atomic E-state index is 0.133. The third-order valence-electron chi connectivity index (χ3n) is 3.54. The number of amides is 1. The summed E-state index contributed by atoms with van der Waals surface area (Å²) >= 11 is 0. The van der Waals surface area contributed by atoms with Crippen molar-refractivity contribution in [2.45, 2.75) is 25.3 Å². The van der Waals surface area contributed by atoms with Crippen molar-refractivity contribution in [1.29, 1.82) is 0 Å². The largest absolute Gasteiger partial charge is 0.332 e. The van der Waals surface area contributed by atoms with Gasteiger partial charge in [-0.05, 0) is 31.9 Å². The van der Waals surface area contributed by atoms with Crippen molar-refractivity contribution in [3.05, 3.63) is 35.6 Å². The summed E-state index contributed by atoms with van der Waals surface area (Å²) < 4.78 is 13.6. The van der Waals surface area contributed by atoms with E-state index in [0.29, 0.717) is 13.1 Å². The molecule has 1 aromatic carbocycles. The Hall–Kier alpha value is -1.42. The van der Waals surface area contributed by atoms with Gasteiger partial charge in [0.1, 0.15) is 5.82 Å². The van der Waals surface area contributed by atoms with Crippen LogP contribution in [0.25, 0.3) is 0 Å². The Morgan fingerprint density at radius 1 is 1.53 bits per heavy atom. The van der Waals surface area contributed by atoms with Gasteiger partial charge in [-0.25, -0.2) is 4.39 Å². The average Bonchev–Trinajstić information content (AvgIpc) is 2.72. The zero-order chi connectivity index (χ0) is 12.5. The summed E-state index contributed by atoms with van der Waals surface area (Å²) in [6.45, 7) is 3.02. The quantitative estimate of drug-likeness (QED) is 0.850. The molecule has 17 heavy (non-hydrogen) atoms. The van der Waals surface area contributed by atoms with Crippen LogP contribution in [-0.2, 0) is 0 Å². The maximum absolute atomic E-state index is 13.6. The van der Waals surface area contributed by atoms with E-state index in [1.165, 1.54) is 12.1 Å². The van der Waals surface area contributed by atoms with Gasteiger partial charge in [0.2, 0.25) is 0 Å². The Balaban J connectivity index is 2.30. The van der Waals surface area contributed by atoms with E-state index in [-0.39, 0.29) is 17.0 Å². The molecule has 1 amide bonds. The fraction of sp³-hybridized carbons (Fsp3) is 0.462. The van der Waals surface area contributed by atoms with E-state index in [1.807, 2.05) is 6.92 Å². The van der Waals surface area contributed by atoms with Gasteiger partial charge in [-0.1, -0.05) is 12.1 Å². The van der Waals surface area contributed by atoms with Crippen molar-refractivity contribution in [3.8, 4) is 0 Å². The number of hydrogen-bond donors (Lipinski definition) is 1. The summed E-state index contributed by atoms with van der Waals surface area (Å²) in [6, 6.07) is 6.08. The second-order valence-corrected chi connectivity index (χ2v) is 4.74. The van der Waals surface area contributed by atoms with Gasteiger partial charge in [-0.15, -0.1) is 0 Å². The van der Waals surface area contributed by atoms with Crippen LogP contribution in [0.3, 0.4) is 0 Å². The van der Waals surface area contributed by atoms with Gasteiger partial charge < -0.3 is 10.6 Å². The van der Waals surface area contributed by atoms with Crippen molar-refractivity contribution in [3.63, 3.8) is 0 Å². The molecule has 1 aliphatic rings. The summed E-state index contributed by atoms with van der Waals surface area (Å²) in [5.74, 6) is -0.725. The van der Waals surface area contributed by atoms with Gasteiger partial charge in [-0.2, -0.15) is 0 Å². The van der Waals surface area contributed by atoms with Crippen molar-refractivity contribution < 1.29 is 9.18 Å². The molecule has 1 unspecified atom stereocenters. The van der Waals surface area contributed by atoms with E-state index in [1.54, 1.807) is 17.0 Å². The van der Waals surface area contributed by atoms with E-state index in [4.69, 9.17) is 5.73 Å². The van der Waals surface area contributed by atoms with Gasteiger partial charge in [0.15, 0.2) is 0 Å². The number of hydrogen-bond acceptors (Lipinski definition) is 2. The lowest BCUT2D eigenvalue weighted by molar-refractivity contribution is 0.0632. The number of benzene rings is 1. The predicted molar refractivity (Wildman–Crippen MR) is 64.1 cm³/mol. The molecule has 3 nitrogen and oxygen atoms in total. The highest BCUT2D eigenvalue weighted by Crippen LogP contribution is 2.29. The number of rotatable bonds is 2. The van der Waals surface area contributed by atoms with Gasteiger partial charge in [-0.3, -0.25) is 4.79 Å². The van der Waals surface area contributed by atoms with Crippen LogP contribution in [0.5, 0.6) is 0 Å². The number of nitrogens with two attached hydrogens (primary N) is 1. The monoisotopic (exact) mass is 236 g/mol. The lowest BCUT2D eigenvalue weighted by Crippen LogP contribution is -2.50. The first kappa shape index (κ1) is 12.0. The average molecular weight is 236 g/mol. The lowest BCUT2D eigenvalue weighted by Gasteiger charge is -2.34. The van der Waals surface area contributed by atoms with Crippen LogP contribution < -0.4 is 5.73 Å². The SMILES string of the molecule is CC1(CN)CCCN1C(=O)c1ccccc1F. The first-order valence-corrected chi connectivity index (χ1v) is 5.85. The molecular weight excluding hydrogens is 219 g/mol. The molecule has 1 aromatic rings. The van der Waals surface area contributed by atoms with E-state index in [0.717, 1.165) is 12.8 Å². The lowest BCUT2D eigenvalue weighted by atomic mass is 9.98. The van der Waals surface area contributed by atoms with Gasteiger partial charge in [0.05, 0.1) is 11.1 Å². The summed E-state index contributed by atoms with van der Waals surface area (Å²) in [7, 11) is 0. The molecule has 0 aromatic heterocycles. The van der Waals surface area contributed by atoms with Crippen molar-refractivity contribution in [1.82, 2.24) is 4.90 Å². The number of likely N-dealkylation sites (tertiary alicyclic amines) is 1. The zero-order valence-corrected chi connectivity index (χ0v) is 9.95. The smallest absolute Gasteiger partial charge is 0.257 e. The van der Waals surface area contributed by atoms with Crippen LogP contribution >= 0.6 is 0 Å². The highest BCUT2D eigenvalue weighted by atomic mass is 19.1. The normalized spacial score (nSPS) is 24.1. The summed E-state index contributed by atoms with van der Waals surface area (Å²) in [5.41, 5.74) is 5.52. The third-order valence-corrected chi connectivity index (χ3v) is 3.54. The Morgan fingerprint density at radius 2 is 2.24 bits per heavy atom. The maximum Gasteiger partial charge on any atom is 0.257 e. The topological polar surface area (TPSA) is 46.3 Å². The van der Waals surface area contributed by atoms with Crippen LogP contribution in [0.1, 0.15) is 30.1 Å². The highest BCUT2D eigenvalue weighted by Gasteiger charge is 2.39. The van der Waals surface area contributed by atoms with Crippen LogP contribution in [0.15, 0.2) is 24.3 Å². The molecule has 1 fully saturated rings. The molecular formula is C13H17FN2O. The standard InChI is InChI=1S/C13H17FN2O/c1-13(9-15)7-4-8-16(13)12(17)10-5-2-3-6-11(10)14/h2-3,5-6H,4,7-9,15H2,1H3. The summed E-state index contributed by atoms with van der Waals surface area (Å²) in [5, 5.41) is 0. The van der Waals surface area contributed by atoms with Crippen molar-refractivity contribution in [2.24, 2.45) is 5.73 Å². The number of nitrogens with zero attached hydrogens (tertiary/aromatic N) is 1. The molecule has 1 atom stereocenters. The Kier molecular flexibility index (Phi) is 3.15. The molecule has 0 spiro atoms. The number of carbonyl (C=O) groups excluding carboxylic acids is 1. The second kappa shape index (κ2) is 4.45. The van der Waals surface area contributed by atoms with Gasteiger partial charge in [0.25, 0.3) is 5.91 Å². The third kappa shape index (κ3) is 2.05. The molecule has 1 saturated heterocycles. The second-order valence-electron chi connectivity index (χ2n) is 4.74. The van der Waals surface area contributed by atoms with Gasteiger partial charge in [0, 0.05) is 13.1 Å². The number of halogens is 1. The molecule has 2 rings (SSSR count). The predicted octanol–water partition coefficient (Wildman–Crippen LogP) is 1.78. The van der Waals surface area contributed by atoms with Crippen LogP contribution in [0, 0.1) is 5.82 Å². The first-order valence-electron chi connectivity index (χ1n) is 5.85. The van der Waals surface area contributed by atoms with Crippen LogP contribution in [0.4, 0.5) is 4.39 Å². The molecule has 0 saturated carbocycles. The zero-order valence-electron chi connectivity index (χ0n) is 9.95. The van der Waals surface area contributed by atoms with E-state index >= 15 is 0 Å². The Labute approximate surface area is 100 Å². The van der Waals surface area contributed by atoms with Crippen LogP contribution in [-0.4, -0.2) is 29.4 Å².